The van der Waals surface area contributed by atoms with Gasteiger partial charge in [-0.15, -0.1) is 0 Å². The molecule has 190 valence electrons. The molecule has 0 saturated heterocycles. The molecule has 0 fully saturated rings. The van der Waals surface area contributed by atoms with Crippen molar-refractivity contribution in [2.24, 2.45) is 0 Å². The molecule has 2 aromatic rings. The van der Waals surface area contributed by atoms with Crippen LogP contribution >= 0.6 is 0 Å². The molecule has 0 saturated carbocycles. The van der Waals surface area contributed by atoms with Crippen molar-refractivity contribution >= 4 is 21.4 Å². The third-order valence-corrected chi connectivity index (χ3v) is 6.84. The molecule has 1 aliphatic heterocycles. The van der Waals surface area contributed by atoms with Gasteiger partial charge < -0.3 is 15.4 Å². The van der Waals surface area contributed by atoms with E-state index in [2.05, 4.69) is 15.7 Å². The van der Waals surface area contributed by atoms with Crippen LogP contribution in [0.15, 0.2) is 71.3 Å². The summed E-state index contributed by atoms with van der Waals surface area (Å²) < 4.78 is 46.8. The summed E-state index contributed by atoms with van der Waals surface area (Å²) in [6, 6.07) is 2.68. The van der Waals surface area contributed by atoms with Gasteiger partial charge in [0.05, 0.1) is 34.8 Å². The number of carbonyl (C=O) groups excluding carboxylic acids is 1. The summed E-state index contributed by atoms with van der Waals surface area (Å²) in [6.07, 6.45) is 12.5. The molecule has 10 heteroatoms. The van der Waals surface area contributed by atoms with Crippen molar-refractivity contribution in [3.05, 3.63) is 88.2 Å². The number of sulfone groups is 1. The monoisotopic (exact) mass is 512 g/mol. The van der Waals surface area contributed by atoms with Crippen molar-refractivity contribution in [1.82, 2.24) is 15.1 Å². The Bertz CT molecular complexity index is 1420. The molecule has 0 bridgehead atoms. The molecule has 1 aromatic carbocycles. The lowest BCUT2D eigenvalue weighted by Gasteiger charge is -2.26. The van der Waals surface area contributed by atoms with Gasteiger partial charge in [0.25, 0.3) is 0 Å². The van der Waals surface area contributed by atoms with Crippen molar-refractivity contribution in [2.45, 2.75) is 45.7 Å². The minimum Gasteiger partial charge on any atom is -0.454 e. The number of ether oxygens (including phenoxy) is 1. The van der Waals surface area contributed by atoms with Crippen LogP contribution in [0, 0.1) is 12.7 Å². The molecule has 36 heavy (non-hydrogen) atoms. The number of nitrogens with zero attached hydrogens (tertiary/aromatic N) is 2. The minimum absolute atomic E-state index is 0.0160. The van der Waals surface area contributed by atoms with Crippen LogP contribution in [-0.4, -0.2) is 36.4 Å². The number of hydrogen-bond donors (Lipinski definition) is 2. The van der Waals surface area contributed by atoms with E-state index in [-0.39, 0.29) is 34.6 Å². The highest BCUT2D eigenvalue weighted by molar-refractivity contribution is 7.94. The maximum Gasteiger partial charge on any atom is 0.228 e. The lowest BCUT2D eigenvalue weighted by molar-refractivity contribution is -0.115. The lowest BCUT2D eigenvalue weighted by atomic mass is 9.98. The first-order chi connectivity index (χ1) is 16.8. The van der Waals surface area contributed by atoms with Gasteiger partial charge in [0.15, 0.2) is 21.4 Å². The number of hydrogen-bond acceptors (Lipinski definition) is 6. The number of aryl methyl sites for hydroxylation is 1. The van der Waals surface area contributed by atoms with Crippen molar-refractivity contribution in [2.75, 3.05) is 11.6 Å². The molecule has 2 N–H and O–H groups in total. The molecule has 0 radical (unpaired) electrons. The summed E-state index contributed by atoms with van der Waals surface area (Å²) in [5, 5.41) is 10.2. The summed E-state index contributed by atoms with van der Waals surface area (Å²) in [7, 11) is -3.42. The summed E-state index contributed by atoms with van der Waals surface area (Å²) in [6.45, 7) is 7.70. The number of allylic oxidation sites excluding steroid dienone is 2. The van der Waals surface area contributed by atoms with Crippen LogP contribution in [-0.2, 0) is 26.6 Å². The largest absolute Gasteiger partial charge is 0.454 e. The molecule has 1 atom stereocenters. The number of benzene rings is 1. The second-order valence-corrected chi connectivity index (χ2v) is 11.9. The highest BCUT2D eigenvalue weighted by Gasteiger charge is 2.25. The van der Waals surface area contributed by atoms with Crippen LogP contribution in [0.3, 0.4) is 0 Å². The van der Waals surface area contributed by atoms with E-state index in [0.717, 1.165) is 6.26 Å². The van der Waals surface area contributed by atoms with Gasteiger partial charge in [0.1, 0.15) is 5.76 Å². The predicted molar refractivity (Wildman–Crippen MR) is 136 cm³/mol. The number of dihydropyridines is 1. The number of carbonyl (C=O) groups is 1. The zero-order valence-electron chi connectivity index (χ0n) is 20.8. The highest BCUT2D eigenvalue weighted by Crippen LogP contribution is 2.31. The summed E-state index contributed by atoms with van der Waals surface area (Å²) >= 11 is 0. The first-order valence-electron chi connectivity index (χ1n) is 11.4. The maximum absolute atomic E-state index is 15.1. The fraction of sp³-hybridized carbons (Fsp3) is 0.308. The first kappa shape index (κ1) is 25.4. The van der Waals surface area contributed by atoms with Crippen molar-refractivity contribution < 1.29 is 22.3 Å². The molecule has 1 aromatic heterocycles. The zero-order valence-corrected chi connectivity index (χ0v) is 21.6. The average molecular weight is 513 g/mol. The summed E-state index contributed by atoms with van der Waals surface area (Å²) in [4.78, 5) is 12.7. The van der Waals surface area contributed by atoms with Crippen molar-refractivity contribution in [3.63, 3.8) is 0 Å². The van der Waals surface area contributed by atoms with E-state index in [1.54, 1.807) is 48.4 Å². The smallest absolute Gasteiger partial charge is 0.228 e. The topological polar surface area (TPSA) is 102 Å². The van der Waals surface area contributed by atoms with E-state index in [4.69, 9.17) is 4.74 Å². The van der Waals surface area contributed by atoms with Crippen LogP contribution < -0.4 is 15.4 Å². The number of nitrogens with one attached hydrogen (secondary N) is 2. The molecule has 1 aliphatic carbocycles. The van der Waals surface area contributed by atoms with Crippen LogP contribution in [0.4, 0.5) is 10.1 Å². The van der Waals surface area contributed by atoms with Crippen LogP contribution in [0.25, 0.3) is 0 Å². The van der Waals surface area contributed by atoms with Crippen LogP contribution in [0.2, 0.25) is 0 Å². The second kappa shape index (κ2) is 9.42. The highest BCUT2D eigenvalue weighted by atomic mass is 32.2. The second-order valence-electron chi connectivity index (χ2n) is 9.87. The number of aromatic nitrogens is 2. The molecule has 2 heterocycles. The standard InChI is InChI=1S/C26H29FN4O4S/c1-16-10-17(12-24(32)30-18-14-29-31(15-18)26(2,3)4)11-21(27)25(16)35-23-8-9-28-22-7-6-19(13-20(22)23)36(5,33)34/h6-11,13-15,22,28H,12H2,1-5H3,(H,30,32). The Morgan fingerprint density at radius 2 is 2.03 bits per heavy atom. The lowest BCUT2D eigenvalue weighted by Crippen LogP contribution is -2.30. The average Bonchev–Trinajstić information content (AvgIpc) is 3.24. The van der Waals surface area contributed by atoms with Crippen molar-refractivity contribution in [3.8, 4) is 5.75 Å². The number of anilines is 1. The minimum atomic E-state index is -3.42. The normalized spacial score (nSPS) is 17.4. The molecule has 2 aliphatic rings. The Balaban J connectivity index is 1.52. The Kier molecular flexibility index (Phi) is 6.66. The molecule has 0 spiro atoms. The SMILES string of the molecule is Cc1cc(CC(=O)Nc2cnn(C(C)(C)C)c2)cc(F)c1OC1=C2C=C(S(C)(=O)=O)C=CC2NC=C1. The third-order valence-electron chi connectivity index (χ3n) is 5.73. The molecule has 4 rings (SSSR count). The number of fused-ring (bicyclic) bond motifs is 1. The van der Waals surface area contributed by atoms with Gasteiger partial charge in [0, 0.05) is 24.2 Å². The predicted octanol–water partition coefficient (Wildman–Crippen LogP) is 3.88. The van der Waals surface area contributed by atoms with Gasteiger partial charge in [-0.1, -0.05) is 12.1 Å². The zero-order chi connectivity index (χ0) is 26.3. The maximum atomic E-state index is 15.1. The van der Waals surface area contributed by atoms with Crippen LogP contribution in [0.5, 0.6) is 5.75 Å². The van der Waals surface area contributed by atoms with E-state index in [0.29, 0.717) is 28.1 Å². The fourth-order valence-corrected chi connectivity index (χ4v) is 4.56. The molecule has 8 nitrogen and oxygen atoms in total. The number of halogens is 1. The van der Waals surface area contributed by atoms with Crippen molar-refractivity contribution in [1.29, 1.82) is 0 Å². The van der Waals surface area contributed by atoms with E-state index >= 15 is 4.39 Å². The fourth-order valence-electron chi connectivity index (χ4n) is 3.89. The molecular formula is C26H29FN4O4S. The Morgan fingerprint density at radius 3 is 2.67 bits per heavy atom. The first-order valence-corrected chi connectivity index (χ1v) is 13.3. The molecular weight excluding hydrogens is 483 g/mol. The van der Waals surface area contributed by atoms with Gasteiger partial charge in [0.2, 0.25) is 5.91 Å². The van der Waals surface area contributed by atoms with Gasteiger partial charge in [-0.2, -0.15) is 5.10 Å². The molecule has 1 amide bonds. The van der Waals surface area contributed by atoms with E-state index < -0.39 is 15.7 Å². The Labute approximate surface area is 210 Å². The van der Waals surface area contributed by atoms with Gasteiger partial charge in [-0.3, -0.25) is 9.48 Å². The van der Waals surface area contributed by atoms with Gasteiger partial charge in [-0.05, 0) is 63.1 Å². The van der Waals surface area contributed by atoms with Crippen LogP contribution in [0.1, 0.15) is 31.9 Å². The Hall–Kier alpha value is -3.66. The van der Waals surface area contributed by atoms with Gasteiger partial charge in [-0.25, -0.2) is 12.8 Å². The summed E-state index contributed by atoms with van der Waals surface area (Å²) in [5.74, 6) is -0.555. The van der Waals surface area contributed by atoms with E-state index in [1.165, 1.54) is 18.2 Å². The summed E-state index contributed by atoms with van der Waals surface area (Å²) in [5.41, 5.74) is 1.94. The quantitative estimate of drug-likeness (QED) is 0.609. The van der Waals surface area contributed by atoms with E-state index in [1.807, 2.05) is 20.8 Å². The number of rotatable bonds is 6. The third kappa shape index (κ3) is 5.59. The number of amides is 1. The van der Waals surface area contributed by atoms with Gasteiger partial charge >= 0.3 is 0 Å². The Morgan fingerprint density at radius 1 is 1.28 bits per heavy atom. The molecule has 1 unspecified atom stereocenters. The van der Waals surface area contributed by atoms with E-state index in [9.17, 15) is 13.2 Å².